The number of nitrogens with two attached hydrogens (primary N) is 1. The summed E-state index contributed by atoms with van der Waals surface area (Å²) in [5.41, 5.74) is 9.77. The quantitative estimate of drug-likeness (QED) is 0.388. The lowest BCUT2D eigenvalue weighted by Gasteiger charge is -2.10. The average molecular weight is 270 g/mol. The third kappa shape index (κ3) is 3.29. The number of nitrogens with zero attached hydrogens (tertiary/aromatic N) is 1. The van der Waals surface area contributed by atoms with Crippen LogP contribution in [0.3, 0.4) is 0 Å². The van der Waals surface area contributed by atoms with Crippen molar-refractivity contribution < 1.29 is 9.94 Å². The van der Waals surface area contributed by atoms with Crippen LogP contribution >= 0.6 is 0 Å². The Morgan fingerprint density at radius 2 is 1.85 bits per heavy atom. The molecular weight excluding hydrogens is 252 g/mol. The molecule has 0 aliphatic carbocycles. The number of hydrogen-bond acceptors (Lipinski definition) is 3. The summed E-state index contributed by atoms with van der Waals surface area (Å²) < 4.78 is 5.75. The Kier molecular flexibility index (Phi) is 4.25. The third-order valence-corrected chi connectivity index (χ3v) is 3.16. The molecule has 4 heteroatoms. The van der Waals surface area contributed by atoms with E-state index in [-0.39, 0.29) is 5.84 Å². The van der Waals surface area contributed by atoms with E-state index in [1.54, 1.807) is 24.3 Å². The maximum absolute atomic E-state index is 8.60. The van der Waals surface area contributed by atoms with Crippen molar-refractivity contribution in [1.29, 1.82) is 0 Å². The summed E-state index contributed by atoms with van der Waals surface area (Å²) in [5, 5.41) is 11.6. The van der Waals surface area contributed by atoms with Gasteiger partial charge < -0.3 is 15.7 Å². The standard InChI is InChI=1S/C16H18N2O2/c1-11-3-4-12(2)14(9-11)10-20-15-7-5-13(6-8-15)16(17)18-19/h3-9,19H,10H2,1-2H3,(H2,17,18). The second-order valence-corrected chi connectivity index (χ2v) is 4.73. The van der Waals surface area contributed by atoms with Crippen LogP contribution in [-0.2, 0) is 6.61 Å². The zero-order valence-corrected chi connectivity index (χ0v) is 11.6. The molecule has 0 spiro atoms. The second-order valence-electron chi connectivity index (χ2n) is 4.73. The Morgan fingerprint density at radius 1 is 1.15 bits per heavy atom. The minimum Gasteiger partial charge on any atom is -0.489 e. The van der Waals surface area contributed by atoms with Crippen LogP contribution in [0.1, 0.15) is 22.3 Å². The van der Waals surface area contributed by atoms with Crippen LogP contribution in [0.2, 0.25) is 0 Å². The molecule has 0 fully saturated rings. The zero-order valence-electron chi connectivity index (χ0n) is 11.6. The number of oxime groups is 1. The number of ether oxygens (including phenoxy) is 1. The van der Waals surface area contributed by atoms with Crippen molar-refractivity contribution in [3.8, 4) is 5.75 Å². The Labute approximate surface area is 118 Å². The molecule has 0 atom stereocenters. The van der Waals surface area contributed by atoms with Crippen molar-refractivity contribution in [3.05, 3.63) is 64.7 Å². The lowest BCUT2D eigenvalue weighted by Crippen LogP contribution is -2.12. The van der Waals surface area contributed by atoms with Gasteiger partial charge in [-0.05, 0) is 49.2 Å². The summed E-state index contributed by atoms with van der Waals surface area (Å²) >= 11 is 0. The predicted octanol–water partition coefficient (Wildman–Crippen LogP) is 2.98. The van der Waals surface area contributed by atoms with Gasteiger partial charge in [0.2, 0.25) is 0 Å². The van der Waals surface area contributed by atoms with Crippen LogP contribution in [-0.4, -0.2) is 11.0 Å². The number of amidine groups is 1. The molecule has 0 heterocycles. The van der Waals surface area contributed by atoms with E-state index in [0.29, 0.717) is 12.2 Å². The van der Waals surface area contributed by atoms with E-state index in [1.807, 2.05) is 0 Å². The van der Waals surface area contributed by atoms with Gasteiger partial charge in [-0.1, -0.05) is 28.9 Å². The number of aryl methyl sites for hydroxylation is 2. The number of rotatable bonds is 4. The highest BCUT2D eigenvalue weighted by atomic mass is 16.5. The van der Waals surface area contributed by atoms with Crippen molar-refractivity contribution in [3.63, 3.8) is 0 Å². The van der Waals surface area contributed by atoms with E-state index in [4.69, 9.17) is 15.7 Å². The normalized spacial score (nSPS) is 11.4. The third-order valence-electron chi connectivity index (χ3n) is 3.16. The van der Waals surface area contributed by atoms with E-state index in [2.05, 4.69) is 37.2 Å². The molecule has 0 saturated heterocycles. The van der Waals surface area contributed by atoms with Crippen LogP contribution in [0.4, 0.5) is 0 Å². The Hall–Kier alpha value is -2.49. The van der Waals surface area contributed by atoms with Crippen LogP contribution in [0, 0.1) is 13.8 Å². The first-order chi connectivity index (χ1) is 9.60. The van der Waals surface area contributed by atoms with Crippen molar-refractivity contribution in [2.45, 2.75) is 20.5 Å². The molecule has 0 bridgehead atoms. The van der Waals surface area contributed by atoms with Crippen molar-refractivity contribution in [2.75, 3.05) is 0 Å². The largest absolute Gasteiger partial charge is 0.489 e. The maximum atomic E-state index is 8.60. The fourth-order valence-corrected chi connectivity index (χ4v) is 1.90. The molecule has 0 radical (unpaired) electrons. The van der Waals surface area contributed by atoms with E-state index in [0.717, 1.165) is 5.75 Å². The highest BCUT2D eigenvalue weighted by Gasteiger charge is 2.02. The number of benzene rings is 2. The zero-order chi connectivity index (χ0) is 14.5. The van der Waals surface area contributed by atoms with Gasteiger partial charge in [-0.15, -0.1) is 0 Å². The molecular formula is C16H18N2O2. The van der Waals surface area contributed by atoms with E-state index in [1.165, 1.54) is 16.7 Å². The van der Waals surface area contributed by atoms with Crippen molar-refractivity contribution >= 4 is 5.84 Å². The summed E-state index contributed by atoms with van der Waals surface area (Å²) in [4.78, 5) is 0. The van der Waals surface area contributed by atoms with Crippen molar-refractivity contribution in [1.82, 2.24) is 0 Å². The molecule has 0 aliphatic rings. The van der Waals surface area contributed by atoms with Crippen molar-refractivity contribution in [2.24, 2.45) is 10.9 Å². The lowest BCUT2D eigenvalue weighted by atomic mass is 10.1. The first-order valence-corrected chi connectivity index (χ1v) is 6.37. The van der Waals surface area contributed by atoms with Gasteiger partial charge in [-0.3, -0.25) is 0 Å². The minimum absolute atomic E-state index is 0.0890. The fraction of sp³-hybridized carbons (Fsp3) is 0.188. The molecule has 0 unspecified atom stereocenters. The molecule has 3 N–H and O–H groups in total. The van der Waals surface area contributed by atoms with Gasteiger partial charge in [0, 0.05) is 5.56 Å². The smallest absolute Gasteiger partial charge is 0.170 e. The first kappa shape index (κ1) is 13.9. The average Bonchev–Trinajstić information content (AvgIpc) is 2.48. The predicted molar refractivity (Wildman–Crippen MR) is 79.2 cm³/mol. The molecule has 104 valence electrons. The van der Waals surface area contributed by atoms with Gasteiger partial charge in [0.1, 0.15) is 12.4 Å². The van der Waals surface area contributed by atoms with Gasteiger partial charge in [-0.2, -0.15) is 0 Å². The molecule has 4 nitrogen and oxygen atoms in total. The van der Waals surface area contributed by atoms with Gasteiger partial charge >= 0.3 is 0 Å². The van der Waals surface area contributed by atoms with Gasteiger partial charge in [-0.25, -0.2) is 0 Å². The fourth-order valence-electron chi connectivity index (χ4n) is 1.90. The molecule has 2 rings (SSSR count). The van der Waals surface area contributed by atoms with Crippen LogP contribution in [0.5, 0.6) is 5.75 Å². The molecule has 0 amide bonds. The minimum atomic E-state index is 0.0890. The molecule has 0 aromatic heterocycles. The molecule has 20 heavy (non-hydrogen) atoms. The molecule has 0 saturated carbocycles. The van der Waals surface area contributed by atoms with E-state index in [9.17, 15) is 0 Å². The van der Waals surface area contributed by atoms with E-state index < -0.39 is 0 Å². The summed E-state index contributed by atoms with van der Waals surface area (Å²) in [7, 11) is 0. The second kappa shape index (κ2) is 6.10. The summed E-state index contributed by atoms with van der Waals surface area (Å²) in [6.07, 6.45) is 0. The Bertz CT molecular complexity index is 619. The van der Waals surface area contributed by atoms with Gasteiger partial charge in [0.05, 0.1) is 0 Å². The molecule has 0 aliphatic heterocycles. The summed E-state index contributed by atoms with van der Waals surface area (Å²) in [6, 6.07) is 13.4. The summed E-state index contributed by atoms with van der Waals surface area (Å²) in [5.74, 6) is 0.839. The maximum Gasteiger partial charge on any atom is 0.170 e. The van der Waals surface area contributed by atoms with Crippen LogP contribution in [0.25, 0.3) is 0 Å². The highest BCUT2D eigenvalue weighted by Crippen LogP contribution is 2.16. The van der Waals surface area contributed by atoms with Gasteiger partial charge in [0.15, 0.2) is 5.84 Å². The van der Waals surface area contributed by atoms with E-state index >= 15 is 0 Å². The Morgan fingerprint density at radius 3 is 2.50 bits per heavy atom. The Balaban J connectivity index is 2.06. The lowest BCUT2D eigenvalue weighted by molar-refractivity contribution is 0.305. The number of hydrogen-bond donors (Lipinski definition) is 2. The highest BCUT2D eigenvalue weighted by molar-refractivity contribution is 5.97. The first-order valence-electron chi connectivity index (χ1n) is 6.37. The topological polar surface area (TPSA) is 67.8 Å². The summed E-state index contributed by atoms with van der Waals surface area (Å²) in [6.45, 7) is 4.66. The molecule has 2 aromatic rings. The van der Waals surface area contributed by atoms with Gasteiger partial charge in [0.25, 0.3) is 0 Å². The van der Waals surface area contributed by atoms with Crippen LogP contribution in [0.15, 0.2) is 47.6 Å². The monoisotopic (exact) mass is 270 g/mol. The molecule has 2 aromatic carbocycles. The SMILES string of the molecule is Cc1ccc(C)c(COc2ccc(C(N)=NO)cc2)c1. The van der Waals surface area contributed by atoms with Crippen LogP contribution < -0.4 is 10.5 Å².